The summed E-state index contributed by atoms with van der Waals surface area (Å²) in [5.74, 6) is -0.139. The van der Waals surface area contributed by atoms with E-state index in [4.69, 9.17) is 22.1 Å². The van der Waals surface area contributed by atoms with Crippen molar-refractivity contribution in [1.82, 2.24) is 14.7 Å². The normalized spacial score (nSPS) is 15.7. The number of aromatic nitrogens is 2. The van der Waals surface area contributed by atoms with Crippen molar-refractivity contribution in [2.24, 2.45) is 5.73 Å². The Kier molecular flexibility index (Phi) is 6.10. The molecule has 2 N–H and O–H groups in total. The third kappa shape index (κ3) is 4.13. The van der Waals surface area contributed by atoms with E-state index >= 15 is 0 Å². The Labute approximate surface area is 162 Å². The Hall–Kier alpha value is -2.42. The van der Waals surface area contributed by atoms with E-state index in [1.807, 2.05) is 23.1 Å². The number of hydrogen-bond donors (Lipinski definition) is 1. The molecule has 1 aromatic carbocycles. The first-order valence-corrected chi connectivity index (χ1v) is 9.02. The minimum Gasteiger partial charge on any atom is -0.383 e. The number of halogens is 1. The Morgan fingerprint density at radius 1 is 1.26 bits per heavy atom. The SMILES string of the molecule is COCC(N)C(=O)N1CCN(c2cnn(-c3ccccc3)c(=O)c2Cl)CC1. The summed E-state index contributed by atoms with van der Waals surface area (Å²) in [6.45, 7) is 2.26. The minimum atomic E-state index is -0.665. The van der Waals surface area contributed by atoms with Gasteiger partial charge in [0.15, 0.2) is 0 Å². The highest BCUT2D eigenvalue weighted by Gasteiger charge is 2.27. The first kappa shape index (κ1) is 19.3. The predicted molar refractivity (Wildman–Crippen MR) is 103 cm³/mol. The molecule has 9 heteroatoms. The Bertz CT molecular complexity index is 850. The van der Waals surface area contributed by atoms with Gasteiger partial charge < -0.3 is 20.3 Å². The smallest absolute Gasteiger partial charge is 0.292 e. The largest absolute Gasteiger partial charge is 0.383 e. The Balaban J connectivity index is 1.73. The molecular formula is C18H22ClN5O3. The lowest BCUT2D eigenvalue weighted by atomic mass is 10.2. The zero-order chi connectivity index (χ0) is 19.4. The van der Waals surface area contributed by atoms with E-state index in [-0.39, 0.29) is 23.1 Å². The third-order valence-corrected chi connectivity index (χ3v) is 4.85. The molecule has 3 rings (SSSR count). The van der Waals surface area contributed by atoms with E-state index < -0.39 is 6.04 Å². The van der Waals surface area contributed by atoms with E-state index in [0.717, 1.165) is 0 Å². The molecule has 0 spiro atoms. The van der Waals surface area contributed by atoms with Gasteiger partial charge in [0.1, 0.15) is 11.1 Å². The van der Waals surface area contributed by atoms with Gasteiger partial charge in [-0.3, -0.25) is 9.59 Å². The van der Waals surface area contributed by atoms with Crippen LogP contribution in [0.5, 0.6) is 0 Å². The van der Waals surface area contributed by atoms with Gasteiger partial charge in [-0.2, -0.15) is 9.78 Å². The number of carbonyl (C=O) groups excluding carboxylic acids is 1. The van der Waals surface area contributed by atoms with Crippen molar-refractivity contribution in [3.8, 4) is 5.69 Å². The molecule has 1 unspecified atom stereocenters. The van der Waals surface area contributed by atoms with Gasteiger partial charge in [0.2, 0.25) is 5.91 Å². The zero-order valence-electron chi connectivity index (χ0n) is 15.0. The number of nitrogens with two attached hydrogens (primary N) is 1. The predicted octanol–water partition coefficient (Wildman–Crippen LogP) is 0.508. The molecule has 1 aliphatic heterocycles. The van der Waals surface area contributed by atoms with Crippen molar-refractivity contribution in [2.45, 2.75) is 6.04 Å². The highest BCUT2D eigenvalue weighted by molar-refractivity contribution is 6.33. The lowest BCUT2D eigenvalue weighted by molar-refractivity contribution is -0.134. The number of amides is 1. The molecule has 1 fully saturated rings. The van der Waals surface area contributed by atoms with Crippen molar-refractivity contribution in [3.63, 3.8) is 0 Å². The van der Waals surface area contributed by atoms with Crippen molar-refractivity contribution in [3.05, 3.63) is 51.9 Å². The van der Waals surface area contributed by atoms with Gasteiger partial charge in [-0.15, -0.1) is 0 Å². The van der Waals surface area contributed by atoms with E-state index in [0.29, 0.717) is 37.6 Å². The second-order valence-electron chi connectivity index (χ2n) is 6.27. The Morgan fingerprint density at radius 2 is 1.93 bits per heavy atom. The number of hydrogen-bond acceptors (Lipinski definition) is 6. The van der Waals surface area contributed by atoms with Crippen LogP contribution in [0.4, 0.5) is 5.69 Å². The number of nitrogens with zero attached hydrogens (tertiary/aromatic N) is 4. The monoisotopic (exact) mass is 391 g/mol. The number of ether oxygens (including phenoxy) is 1. The van der Waals surface area contributed by atoms with E-state index in [1.165, 1.54) is 11.8 Å². The summed E-state index contributed by atoms with van der Waals surface area (Å²) < 4.78 is 6.21. The molecule has 1 aromatic heterocycles. The molecule has 2 heterocycles. The molecule has 0 radical (unpaired) electrons. The van der Waals surface area contributed by atoms with Crippen LogP contribution in [0.2, 0.25) is 5.02 Å². The van der Waals surface area contributed by atoms with Gasteiger partial charge in [-0.1, -0.05) is 29.8 Å². The van der Waals surface area contributed by atoms with Gasteiger partial charge in [0.05, 0.1) is 24.2 Å². The standard InChI is InChI=1S/C18H22ClN5O3/c1-27-12-14(20)17(25)23-9-7-22(8-10-23)15-11-21-24(18(26)16(15)19)13-5-3-2-4-6-13/h2-6,11,14H,7-10,12,20H2,1H3. The summed E-state index contributed by atoms with van der Waals surface area (Å²) >= 11 is 6.34. The number of para-hydroxylation sites is 1. The number of anilines is 1. The van der Waals surface area contributed by atoms with Crippen LogP contribution < -0.4 is 16.2 Å². The van der Waals surface area contributed by atoms with E-state index in [9.17, 15) is 9.59 Å². The fourth-order valence-electron chi connectivity index (χ4n) is 3.05. The quantitative estimate of drug-likeness (QED) is 0.798. The van der Waals surface area contributed by atoms with Crippen LogP contribution in [-0.4, -0.2) is 66.5 Å². The number of piperazine rings is 1. The van der Waals surface area contributed by atoms with E-state index in [2.05, 4.69) is 5.10 Å². The summed E-state index contributed by atoms with van der Waals surface area (Å²) in [6.07, 6.45) is 1.59. The fraction of sp³-hybridized carbons (Fsp3) is 0.389. The topological polar surface area (TPSA) is 93.7 Å². The molecule has 2 aromatic rings. The van der Waals surface area contributed by atoms with Crippen LogP contribution in [0.25, 0.3) is 5.69 Å². The molecule has 1 saturated heterocycles. The average molecular weight is 392 g/mol. The Morgan fingerprint density at radius 3 is 2.56 bits per heavy atom. The lowest BCUT2D eigenvalue weighted by Gasteiger charge is -2.37. The number of benzene rings is 1. The van der Waals surface area contributed by atoms with Gasteiger partial charge in [-0.25, -0.2) is 0 Å². The van der Waals surface area contributed by atoms with Gasteiger partial charge >= 0.3 is 0 Å². The molecule has 144 valence electrons. The number of rotatable bonds is 5. The van der Waals surface area contributed by atoms with Gasteiger partial charge in [-0.05, 0) is 12.1 Å². The molecule has 27 heavy (non-hydrogen) atoms. The van der Waals surface area contributed by atoms with Crippen LogP contribution in [0.3, 0.4) is 0 Å². The van der Waals surface area contributed by atoms with Crippen molar-refractivity contribution in [1.29, 1.82) is 0 Å². The minimum absolute atomic E-state index is 0.115. The maximum absolute atomic E-state index is 12.6. The molecule has 1 aliphatic rings. The molecular weight excluding hydrogens is 370 g/mol. The summed E-state index contributed by atoms with van der Waals surface area (Å²) in [4.78, 5) is 28.5. The zero-order valence-corrected chi connectivity index (χ0v) is 15.8. The molecule has 0 saturated carbocycles. The lowest BCUT2D eigenvalue weighted by Crippen LogP contribution is -2.54. The third-order valence-electron chi connectivity index (χ3n) is 4.50. The van der Waals surface area contributed by atoms with Crippen LogP contribution in [0, 0.1) is 0 Å². The summed E-state index contributed by atoms with van der Waals surface area (Å²) in [5, 5.41) is 4.37. The van der Waals surface area contributed by atoms with Crippen molar-refractivity contribution < 1.29 is 9.53 Å². The maximum Gasteiger partial charge on any atom is 0.292 e. The first-order chi connectivity index (χ1) is 13.0. The van der Waals surface area contributed by atoms with Crippen molar-refractivity contribution in [2.75, 3.05) is 44.8 Å². The number of methoxy groups -OCH3 is 1. The summed E-state index contributed by atoms with van der Waals surface area (Å²) in [6, 6.07) is 8.44. The maximum atomic E-state index is 12.6. The van der Waals surface area contributed by atoms with Crippen molar-refractivity contribution >= 4 is 23.2 Å². The molecule has 0 aliphatic carbocycles. The fourth-order valence-corrected chi connectivity index (χ4v) is 3.30. The van der Waals surface area contributed by atoms with Crippen LogP contribution in [0.1, 0.15) is 0 Å². The second-order valence-corrected chi connectivity index (χ2v) is 6.65. The summed E-state index contributed by atoms with van der Waals surface area (Å²) in [5.41, 5.74) is 6.66. The van der Waals surface area contributed by atoms with Crippen LogP contribution in [0.15, 0.2) is 41.3 Å². The van der Waals surface area contributed by atoms with Crippen LogP contribution >= 0.6 is 11.6 Å². The van der Waals surface area contributed by atoms with E-state index in [1.54, 1.807) is 23.2 Å². The molecule has 0 bridgehead atoms. The van der Waals surface area contributed by atoms with Crippen LogP contribution in [-0.2, 0) is 9.53 Å². The second kappa shape index (κ2) is 8.51. The average Bonchev–Trinajstić information content (AvgIpc) is 2.70. The first-order valence-electron chi connectivity index (χ1n) is 8.64. The molecule has 8 nitrogen and oxygen atoms in total. The van der Waals surface area contributed by atoms with Gasteiger partial charge in [0, 0.05) is 33.3 Å². The van der Waals surface area contributed by atoms with Gasteiger partial charge in [0.25, 0.3) is 5.56 Å². The molecule has 1 amide bonds. The number of carbonyl (C=O) groups is 1. The molecule has 1 atom stereocenters. The summed E-state index contributed by atoms with van der Waals surface area (Å²) in [7, 11) is 1.51. The highest BCUT2D eigenvalue weighted by Crippen LogP contribution is 2.23. The highest BCUT2D eigenvalue weighted by atomic mass is 35.5.